The van der Waals surface area contributed by atoms with Crippen molar-refractivity contribution in [3.8, 4) is 5.75 Å². The number of methoxy groups -OCH3 is 1. The van der Waals surface area contributed by atoms with Crippen LogP contribution < -0.4 is 20.3 Å². The second-order valence-electron chi connectivity index (χ2n) is 6.88. The molecule has 0 radical (unpaired) electrons. The fourth-order valence-electron chi connectivity index (χ4n) is 3.30. The van der Waals surface area contributed by atoms with E-state index in [0.717, 1.165) is 30.5 Å². The number of aromatic nitrogens is 3. The molecule has 2 heterocycles. The lowest BCUT2D eigenvalue weighted by Gasteiger charge is -2.15. The fourth-order valence-corrected chi connectivity index (χ4v) is 4.05. The molecule has 160 valence electrons. The van der Waals surface area contributed by atoms with Gasteiger partial charge in [0.1, 0.15) is 5.75 Å². The van der Waals surface area contributed by atoms with Crippen molar-refractivity contribution >= 4 is 46.6 Å². The molecule has 0 unspecified atom stereocenters. The lowest BCUT2D eigenvalue weighted by Crippen LogP contribution is -2.15. The van der Waals surface area contributed by atoms with Crippen molar-refractivity contribution in [3.63, 3.8) is 0 Å². The number of rotatable bonds is 7. The molecule has 1 aliphatic heterocycles. The van der Waals surface area contributed by atoms with Gasteiger partial charge in [0, 0.05) is 37.1 Å². The van der Waals surface area contributed by atoms with Crippen LogP contribution >= 0.6 is 11.8 Å². The Morgan fingerprint density at radius 1 is 1.06 bits per heavy atom. The van der Waals surface area contributed by atoms with Gasteiger partial charge in [-0.05, 0) is 42.5 Å². The van der Waals surface area contributed by atoms with E-state index in [0.29, 0.717) is 16.5 Å². The van der Waals surface area contributed by atoms with E-state index in [9.17, 15) is 9.59 Å². The predicted molar refractivity (Wildman–Crippen MR) is 120 cm³/mol. The number of ether oxygens (including phenoxy) is 1. The van der Waals surface area contributed by atoms with E-state index >= 15 is 0 Å². The van der Waals surface area contributed by atoms with Crippen molar-refractivity contribution in [2.75, 3.05) is 34.9 Å². The third-order valence-electron chi connectivity index (χ3n) is 4.67. The summed E-state index contributed by atoms with van der Waals surface area (Å²) in [6, 6.07) is 14.8. The first-order valence-corrected chi connectivity index (χ1v) is 10.7. The topological polar surface area (TPSA) is 101 Å². The van der Waals surface area contributed by atoms with Gasteiger partial charge in [-0.25, -0.2) is 0 Å². The van der Waals surface area contributed by atoms with Crippen molar-refractivity contribution in [1.29, 1.82) is 0 Å². The second kappa shape index (κ2) is 9.09. The number of amides is 2. The largest absolute Gasteiger partial charge is 0.497 e. The van der Waals surface area contributed by atoms with Gasteiger partial charge in [0.15, 0.2) is 5.16 Å². The maximum atomic E-state index is 12.4. The van der Waals surface area contributed by atoms with Crippen LogP contribution in [0, 0.1) is 0 Å². The van der Waals surface area contributed by atoms with Crippen LogP contribution in [0.2, 0.25) is 0 Å². The summed E-state index contributed by atoms with van der Waals surface area (Å²) in [5, 5.41) is 14.8. The van der Waals surface area contributed by atoms with E-state index < -0.39 is 0 Å². The molecule has 0 atom stereocenters. The second-order valence-corrected chi connectivity index (χ2v) is 7.83. The zero-order valence-corrected chi connectivity index (χ0v) is 18.0. The third-order valence-corrected chi connectivity index (χ3v) is 5.64. The van der Waals surface area contributed by atoms with E-state index in [2.05, 4.69) is 25.7 Å². The number of hydrogen-bond acceptors (Lipinski definition) is 7. The van der Waals surface area contributed by atoms with E-state index in [4.69, 9.17) is 4.74 Å². The summed E-state index contributed by atoms with van der Waals surface area (Å²) in [6.07, 6.45) is 0. The van der Waals surface area contributed by atoms with Crippen molar-refractivity contribution in [1.82, 2.24) is 14.8 Å². The molecular formula is C21H22N6O3S. The lowest BCUT2D eigenvalue weighted by molar-refractivity contribution is -0.114. The third kappa shape index (κ3) is 4.80. The van der Waals surface area contributed by atoms with Crippen LogP contribution in [0.3, 0.4) is 0 Å². The molecule has 2 N–H and O–H groups in total. The Morgan fingerprint density at radius 3 is 2.52 bits per heavy atom. The summed E-state index contributed by atoms with van der Waals surface area (Å²) in [7, 11) is 1.64. The van der Waals surface area contributed by atoms with Crippen molar-refractivity contribution in [2.24, 2.45) is 0 Å². The Labute approximate surface area is 183 Å². The minimum absolute atomic E-state index is 0.160. The highest BCUT2D eigenvalue weighted by Crippen LogP contribution is 2.32. The zero-order valence-electron chi connectivity index (χ0n) is 17.2. The van der Waals surface area contributed by atoms with Gasteiger partial charge in [-0.1, -0.05) is 17.8 Å². The Balaban J connectivity index is 1.37. The zero-order chi connectivity index (χ0) is 21.8. The Bertz CT molecular complexity index is 1100. The molecular weight excluding hydrogens is 416 g/mol. The average molecular weight is 439 g/mol. The van der Waals surface area contributed by atoms with Gasteiger partial charge in [-0.2, -0.15) is 0 Å². The minimum atomic E-state index is -0.164. The number of benzene rings is 2. The van der Waals surface area contributed by atoms with Crippen molar-refractivity contribution in [3.05, 3.63) is 48.5 Å². The highest BCUT2D eigenvalue weighted by Gasteiger charge is 2.26. The summed E-state index contributed by atoms with van der Waals surface area (Å²) >= 11 is 1.34. The van der Waals surface area contributed by atoms with Crippen LogP contribution in [0.5, 0.6) is 5.75 Å². The molecule has 10 heteroatoms. The molecule has 2 aromatic carbocycles. The average Bonchev–Trinajstić information content (AvgIpc) is 3.34. The Hall–Kier alpha value is -3.53. The maximum absolute atomic E-state index is 12.4. The number of anilines is 4. The minimum Gasteiger partial charge on any atom is -0.497 e. The summed E-state index contributed by atoms with van der Waals surface area (Å²) in [6.45, 7) is 2.97. The predicted octanol–water partition coefficient (Wildman–Crippen LogP) is 3.13. The smallest absolute Gasteiger partial charge is 0.234 e. The van der Waals surface area contributed by atoms with Crippen LogP contribution in [0.15, 0.2) is 53.7 Å². The monoisotopic (exact) mass is 438 g/mol. The summed E-state index contributed by atoms with van der Waals surface area (Å²) < 4.78 is 7.23. The van der Waals surface area contributed by atoms with Crippen molar-refractivity contribution in [2.45, 2.75) is 18.6 Å². The Morgan fingerprint density at radius 2 is 1.81 bits per heavy atom. The standard InChI is InChI=1S/C21H22N6O3S/c1-14(28)22-15-4-3-5-16(12-15)23-19(29)13-31-21-25-24-20-26(10-11-27(20)21)17-6-8-18(30-2)9-7-17/h3-9,12H,10-11,13H2,1-2H3,(H,22,28)(H,23,29). The number of nitrogens with one attached hydrogen (secondary N) is 2. The van der Waals surface area contributed by atoms with Gasteiger partial charge >= 0.3 is 0 Å². The van der Waals surface area contributed by atoms with Crippen LogP contribution in [-0.4, -0.2) is 46.0 Å². The Kier molecular flexibility index (Phi) is 6.08. The fraction of sp³-hybridized carbons (Fsp3) is 0.238. The molecule has 0 saturated heterocycles. The molecule has 0 saturated carbocycles. The highest BCUT2D eigenvalue weighted by atomic mass is 32.2. The number of thioether (sulfide) groups is 1. The van der Waals surface area contributed by atoms with Crippen LogP contribution in [0.25, 0.3) is 0 Å². The first-order valence-electron chi connectivity index (χ1n) is 9.68. The van der Waals surface area contributed by atoms with Crippen molar-refractivity contribution < 1.29 is 14.3 Å². The molecule has 2 amide bonds. The normalized spacial score (nSPS) is 12.4. The van der Waals surface area contributed by atoms with E-state index in [1.54, 1.807) is 31.4 Å². The molecule has 4 rings (SSSR count). The summed E-state index contributed by atoms with van der Waals surface area (Å²) in [5.74, 6) is 1.44. The molecule has 31 heavy (non-hydrogen) atoms. The summed E-state index contributed by atoms with van der Waals surface area (Å²) in [4.78, 5) is 25.7. The summed E-state index contributed by atoms with van der Waals surface area (Å²) in [5.41, 5.74) is 2.26. The quantitative estimate of drug-likeness (QED) is 0.547. The maximum Gasteiger partial charge on any atom is 0.234 e. The number of fused-ring (bicyclic) bond motifs is 1. The van der Waals surface area contributed by atoms with Gasteiger partial charge in [0.25, 0.3) is 0 Å². The first-order chi connectivity index (χ1) is 15.0. The number of nitrogens with zero attached hydrogens (tertiary/aromatic N) is 4. The van der Waals surface area contributed by atoms with Gasteiger partial charge in [0.05, 0.1) is 12.9 Å². The van der Waals surface area contributed by atoms with E-state index in [-0.39, 0.29) is 17.6 Å². The van der Waals surface area contributed by atoms with Gasteiger partial charge in [-0.3, -0.25) is 14.2 Å². The lowest BCUT2D eigenvalue weighted by atomic mass is 10.2. The van der Waals surface area contributed by atoms with Crippen LogP contribution in [0.4, 0.5) is 23.0 Å². The van der Waals surface area contributed by atoms with Crippen LogP contribution in [0.1, 0.15) is 6.92 Å². The molecule has 0 bridgehead atoms. The van der Waals surface area contributed by atoms with Gasteiger partial charge in [-0.15, -0.1) is 10.2 Å². The first kappa shape index (κ1) is 20.7. The molecule has 0 fully saturated rings. The molecule has 0 aliphatic carbocycles. The number of carbonyl (C=O) groups excluding carboxylic acids is 2. The van der Waals surface area contributed by atoms with E-state index in [1.165, 1.54) is 18.7 Å². The SMILES string of the molecule is COc1ccc(N2CCn3c(SCC(=O)Nc4cccc(NC(C)=O)c4)nnc32)cc1. The molecule has 3 aromatic rings. The van der Waals surface area contributed by atoms with Crippen LogP contribution in [-0.2, 0) is 16.1 Å². The van der Waals surface area contributed by atoms with E-state index in [1.807, 2.05) is 28.8 Å². The number of carbonyl (C=O) groups is 2. The van der Waals surface area contributed by atoms with Gasteiger partial charge in [0.2, 0.25) is 17.8 Å². The molecule has 9 nitrogen and oxygen atoms in total. The number of hydrogen-bond donors (Lipinski definition) is 2. The molecule has 1 aromatic heterocycles. The molecule has 1 aliphatic rings. The van der Waals surface area contributed by atoms with Gasteiger partial charge < -0.3 is 20.3 Å². The molecule has 0 spiro atoms. The highest BCUT2D eigenvalue weighted by molar-refractivity contribution is 7.99.